The van der Waals surface area contributed by atoms with E-state index in [4.69, 9.17) is 23.7 Å². The highest BCUT2D eigenvalue weighted by Crippen LogP contribution is 2.28. The molecule has 2 rings (SSSR count). The van der Waals surface area contributed by atoms with Crippen LogP contribution in [0.15, 0.2) is 30.3 Å². The molecule has 7 heteroatoms. The highest BCUT2D eigenvalue weighted by Gasteiger charge is 2.49. The lowest BCUT2D eigenvalue weighted by Crippen LogP contribution is -2.40. The summed E-state index contributed by atoms with van der Waals surface area (Å²) in [5, 5.41) is 0. The number of esters is 2. The molecule has 1 aliphatic heterocycles. The van der Waals surface area contributed by atoms with Crippen molar-refractivity contribution in [3.63, 3.8) is 0 Å². The van der Waals surface area contributed by atoms with Crippen molar-refractivity contribution >= 4 is 11.9 Å². The summed E-state index contributed by atoms with van der Waals surface area (Å²) >= 11 is 0. The number of carbonyl (C=O) groups is 2. The van der Waals surface area contributed by atoms with E-state index >= 15 is 0 Å². The van der Waals surface area contributed by atoms with E-state index in [1.165, 1.54) is 21.0 Å². The van der Waals surface area contributed by atoms with E-state index in [0.29, 0.717) is 6.61 Å². The van der Waals surface area contributed by atoms with Crippen LogP contribution in [0, 0.1) is 0 Å². The van der Waals surface area contributed by atoms with Gasteiger partial charge in [-0.3, -0.25) is 9.59 Å². The van der Waals surface area contributed by atoms with Crippen molar-refractivity contribution in [2.75, 3.05) is 13.7 Å². The zero-order chi connectivity index (χ0) is 17.5. The van der Waals surface area contributed by atoms with Gasteiger partial charge < -0.3 is 23.7 Å². The summed E-state index contributed by atoms with van der Waals surface area (Å²) in [5.74, 6) is -1.04. The van der Waals surface area contributed by atoms with Crippen LogP contribution in [0.25, 0.3) is 0 Å². The third-order valence-corrected chi connectivity index (χ3v) is 3.52. The minimum Gasteiger partial charge on any atom is -0.453 e. The van der Waals surface area contributed by atoms with Gasteiger partial charge in [-0.25, -0.2) is 0 Å². The molecule has 1 heterocycles. The van der Waals surface area contributed by atoms with Gasteiger partial charge in [-0.2, -0.15) is 0 Å². The van der Waals surface area contributed by atoms with Crippen LogP contribution in [0.5, 0.6) is 0 Å². The van der Waals surface area contributed by atoms with E-state index < -0.39 is 36.5 Å². The lowest BCUT2D eigenvalue weighted by Gasteiger charge is -2.21. The first kappa shape index (κ1) is 18.4. The number of carbonyl (C=O) groups excluding carboxylic acids is 2. The van der Waals surface area contributed by atoms with Crippen LogP contribution in [-0.2, 0) is 39.9 Å². The minimum absolute atomic E-state index is 0.211. The Hall–Kier alpha value is -1.96. The van der Waals surface area contributed by atoms with Gasteiger partial charge in [0.25, 0.3) is 0 Å². The fourth-order valence-electron chi connectivity index (χ4n) is 2.55. The van der Waals surface area contributed by atoms with E-state index in [2.05, 4.69) is 0 Å². The quantitative estimate of drug-likeness (QED) is 0.696. The van der Waals surface area contributed by atoms with E-state index in [9.17, 15) is 9.59 Å². The van der Waals surface area contributed by atoms with Crippen LogP contribution < -0.4 is 0 Å². The molecular weight excluding hydrogens is 316 g/mol. The Bertz CT molecular complexity index is 545. The van der Waals surface area contributed by atoms with Crippen molar-refractivity contribution in [2.45, 2.75) is 45.1 Å². The predicted molar refractivity (Wildman–Crippen MR) is 82.9 cm³/mol. The molecule has 0 aromatic heterocycles. The molecular formula is C17H22O7. The largest absolute Gasteiger partial charge is 0.453 e. The van der Waals surface area contributed by atoms with Gasteiger partial charge >= 0.3 is 11.9 Å². The predicted octanol–water partition coefficient (Wildman–Crippen LogP) is 1.44. The smallest absolute Gasteiger partial charge is 0.305 e. The second-order valence-corrected chi connectivity index (χ2v) is 5.43. The van der Waals surface area contributed by atoms with Crippen molar-refractivity contribution in [3.8, 4) is 0 Å². The van der Waals surface area contributed by atoms with Crippen LogP contribution in [0.1, 0.15) is 19.4 Å². The SMILES string of the molecule is CO[C@H]1[C@H](COCc2ccccc2)OC(OC(C)=O)[C@@H]1OC(C)=O. The van der Waals surface area contributed by atoms with Crippen LogP contribution in [-0.4, -0.2) is 50.3 Å². The molecule has 4 atom stereocenters. The topological polar surface area (TPSA) is 80.3 Å². The summed E-state index contributed by atoms with van der Waals surface area (Å²) in [4.78, 5) is 22.5. The number of rotatable bonds is 7. The maximum atomic E-state index is 11.3. The third kappa shape index (κ3) is 5.02. The molecule has 1 fully saturated rings. The van der Waals surface area contributed by atoms with Gasteiger partial charge in [-0.15, -0.1) is 0 Å². The van der Waals surface area contributed by atoms with Crippen LogP contribution >= 0.6 is 0 Å². The molecule has 7 nitrogen and oxygen atoms in total. The third-order valence-electron chi connectivity index (χ3n) is 3.52. The number of hydrogen-bond donors (Lipinski definition) is 0. The molecule has 1 saturated heterocycles. The average Bonchev–Trinajstić information content (AvgIpc) is 2.84. The highest BCUT2D eigenvalue weighted by atomic mass is 16.7. The van der Waals surface area contributed by atoms with Crippen molar-refractivity contribution in [2.24, 2.45) is 0 Å². The molecule has 0 spiro atoms. The summed E-state index contributed by atoms with van der Waals surface area (Å²) in [7, 11) is 1.48. The Morgan fingerprint density at radius 1 is 1.04 bits per heavy atom. The summed E-state index contributed by atoms with van der Waals surface area (Å²) < 4.78 is 27.0. The number of ether oxygens (including phenoxy) is 5. The van der Waals surface area contributed by atoms with E-state index in [-0.39, 0.29) is 6.61 Å². The molecule has 1 aromatic carbocycles. The minimum atomic E-state index is -1.01. The lowest BCUT2D eigenvalue weighted by molar-refractivity contribution is -0.196. The van der Waals surface area contributed by atoms with Gasteiger partial charge in [0, 0.05) is 21.0 Å². The van der Waals surface area contributed by atoms with Crippen molar-refractivity contribution in [3.05, 3.63) is 35.9 Å². The van der Waals surface area contributed by atoms with E-state index in [0.717, 1.165) is 5.56 Å². The molecule has 24 heavy (non-hydrogen) atoms. The van der Waals surface area contributed by atoms with Crippen molar-refractivity contribution in [1.82, 2.24) is 0 Å². The Morgan fingerprint density at radius 2 is 1.71 bits per heavy atom. The van der Waals surface area contributed by atoms with Crippen LogP contribution in [0.2, 0.25) is 0 Å². The number of benzene rings is 1. The molecule has 0 N–H and O–H groups in total. The molecule has 1 aliphatic rings. The molecule has 1 unspecified atom stereocenters. The molecule has 1 aromatic rings. The Morgan fingerprint density at radius 3 is 2.29 bits per heavy atom. The average molecular weight is 338 g/mol. The molecule has 132 valence electrons. The first-order valence-corrected chi connectivity index (χ1v) is 7.65. The van der Waals surface area contributed by atoms with Gasteiger partial charge in [-0.1, -0.05) is 30.3 Å². The van der Waals surface area contributed by atoms with Gasteiger partial charge in [0.05, 0.1) is 13.2 Å². The molecule has 0 radical (unpaired) electrons. The maximum absolute atomic E-state index is 11.3. The summed E-state index contributed by atoms with van der Waals surface area (Å²) in [5.41, 5.74) is 1.03. The zero-order valence-electron chi connectivity index (χ0n) is 14.0. The Labute approximate surface area is 140 Å². The van der Waals surface area contributed by atoms with Gasteiger partial charge in [0.1, 0.15) is 12.2 Å². The first-order chi connectivity index (χ1) is 11.5. The standard InChI is InChI=1S/C17H22O7/c1-11(18)22-16-15(20-3)14(24-17(16)23-12(2)19)10-21-9-13-7-5-4-6-8-13/h4-8,14-17H,9-10H2,1-3H3/t14-,15-,16+,17?/m0/s1. The van der Waals surface area contributed by atoms with Crippen molar-refractivity contribution < 1.29 is 33.3 Å². The van der Waals surface area contributed by atoms with Gasteiger partial charge in [0.2, 0.25) is 6.29 Å². The zero-order valence-corrected chi connectivity index (χ0v) is 14.0. The summed E-state index contributed by atoms with van der Waals surface area (Å²) in [6.07, 6.45) is -2.95. The maximum Gasteiger partial charge on any atom is 0.305 e. The molecule has 0 bridgehead atoms. The fraction of sp³-hybridized carbons (Fsp3) is 0.529. The van der Waals surface area contributed by atoms with Crippen LogP contribution in [0.4, 0.5) is 0 Å². The van der Waals surface area contributed by atoms with Crippen LogP contribution in [0.3, 0.4) is 0 Å². The summed E-state index contributed by atoms with van der Waals surface area (Å²) in [6, 6.07) is 9.68. The number of hydrogen-bond acceptors (Lipinski definition) is 7. The van der Waals surface area contributed by atoms with Gasteiger partial charge in [-0.05, 0) is 5.56 Å². The van der Waals surface area contributed by atoms with Gasteiger partial charge in [0.15, 0.2) is 6.10 Å². The Kier molecular flexibility index (Phi) is 6.72. The monoisotopic (exact) mass is 338 g/mol. The molecule has 0 amide bonds. The summed E-state index contributed by atoms with van der Waals surface area (Å²) in [6.45, 7) is 3.16. The second-order valence-electron chi connectivity index (χ2n) is 5.43. The second kappa shape index (κ2) is 8.77. The molecule has 0 saturated carbocycles. The van der Waals surface area contributed by atoms with E-state index in [1.54, 1.807) is 0 Å². The fourth-order valence-corrected chi connectivity index (χ4v) is 2.55. The first-order valence-electron chi connectivity index (χ1n) is 7.65. The highest BCUT2D eigenvalue weighted by molar-refractivity contribution is 5.67. The number of methoxy groups -OCH3 is 1. The lowest BCUT2D eigenvalue weighted by atomic mass is 10.1. The molecule has 0 aliphatic carbocycles. The van der Waals surface area contributed by atoms with E-state index in [1.807, 2.05) is 30.3 Å². The Balaban J connectivity index is 1.97. The van der Waals surface area contributed by atoms with Crippen molar-refractivity contribution in [1.29, 1.82) is 0 Å². The normalized spacial score (nSPS) is 26.1.